The van der Waals surface area contributed by atoms with Crippen molar-refractivity contribution in [2.24, 2.45) is 0 Å². The molecule has 1 N–H and O–H groups in total. The summed E-state index contributed by atoms with van der Waals surface area (Å²) < 4.78 is 18.4. The van der Waals surface area contributed by atoms with Crippen LogP contribution in [0.2, 0.25) is 0 Å². The molecule has 0 aliphatic carbocycles. The number of rotatable bonds is 4. The lowest BCUT2D eigenvalue weighted by Gasteiger charge is -2.07. The van der Waals surface area contributed by atoms with Gasteiger partial charge in [0.05, 0.1) is 18.9 Å². The van der Waals surface area contributed by atoms with Crippen molar-refractivity contribution in [3.05, 3.63) is 29.1 Å². The minimum Gasteiger partial charge on any atom is -0.494 e. The van der Waals surface area contributed by atoms with Crippen molar-refractivity contribution in [1.29, 1.82) is 5.41 Å². The number of hydrogen-bond acceptors (Lipinski definition) is 3. The number of carbonyl (C=O) groups excluding carboxylic acids is 1. The Kier molecular flexibility index (Phi) is 3.55. The maximum absolute atomic E-state index is 13.6. The van der Waals surface area contributed by atoms with Crippen LogP contribution in [-0.2, 0) is 6.42 Å². The smallest absolute Gasteiger partial charge is 0.206 e. The van der Waals surface area contributed by atoms with E-state index in [1.54, 1.807) is 6.07 Å². The van der Waals surface area contributed by atoms with Crippen LogP contribution in [0, 0.1) is 11.2 Å². The monoisotopic (exact) mass is 209 g/mol. The summed E-state index contributed by atoms with van der Waals surface area (Å²) in [4.78, 5) is 11.2. The molecule has 0 bridgehead atoms. The first-order valence-electron chi connectivity index (χ1n) is 4.55. The molecule has 0 spiro atoms. The van der Waals surface area contributed by atoms with Crippen molar-refractivity contribution in [2.75, 3.05) is 7.11 Å². The van der Waals surface area contributed by atoms with E-state index in [1.165, 1.54) is 13.2 Å². The Morgan fingerprint density at radius 3 is 2.73 bits per heavy atom. The molecule has 0 heterocycles. The Labute approximate surface area is 87.4 Å². The normalized spacial score (nSPS) is 9.80. The number of hydrogen-bond donors (Lipinski definition) is 1. The lowest BCUT2D eigenvalue weighted by atomic mass is 10.0. The largest absolute Gasteiger partial charge is 0.494 e. The van der Waals surface area contributed by atoms with Gasteiger partial charge in [-0.3, -0.25) is 4.79 Å². The van der Waals surface area contributed by atoms with Crippen molar-refractivity contribution in [3.8, 4) is 5.75 Å². The number of carbonyl (C=O) groups is 1. The average Bonchev–Trinajstić information content (AvgIpc) is 2.28. The molecule has 1 aromatic carbocycles. The van der Waals surface area contributed by atoms with Crippen LogP contribution in [0.1, 0.15) is 22.8 Å². The van der Waals surface area contributed by atoms with Gasteiger partial charge in [-0.2, -0.15) is 0 Å². The zero-order valence-corrected chi connectivity index (χ0v) is 8.63. The van der Waals surface area contributed by atoms with Gasteiger partial charge in [0.15, 0.2) is 11.6 Å². The molecule has 1 rings (SSSR count). The average molecular weight is 209 g/mol. The SMILES string of the molecule is CCc1cc(OC)c(F)c(C(=O)C=N)c1. The molecular weight excluding hydrogens is 197 g/mol. The number of methoxy groups -OCH3 is 1. The van der Waals surface area contributed by atoms with Crippen LogP contribution in [0.5, 0.6) is 5.75 Å². The highest BCUT2D eigenvalue weighted by Crippen LogP contribution is 2.23. The Morgan fingerprint density at radius 2 is 2.27 bits per heavy atom. The predicted octanol–water partition coefficient (Wildman–Crippen LogP) is 2.23. The highest BCUT2D eigenvalue weighted by Gasteiger charge is 2.15. The third-order valence-corrected chi connectivity index (χ3v) is 2.12. The summed E-state index contributed by atoms with van der Waals surface area (Å²) in [7, 11) is 1.34. The van der Waals surface area contributed by atoms with E-state index in [9.17, 15) is 9.18 Å². The molecule has 3 nitrogen and oxygen atoms in total. The van der Waals surface area contributed by atoms with Gasteiger partial charge in [-0.05, 0) is 24.1 Å². The number of ketones is 1. The van der Waals surface area contributed by atoms with Crippen LogP contribution in [0.25, 0.3) is 0 Å². The molecule has 0 atom stereocenters. The topological polar surface area (TPSA) is 50.2 Å². The summed E-state index contributed by atoms with van der Waals surface area (Å²) in [5.41, 5.74) is 0.694. The molecule has 15 heavy (non-hydrogen) atoms. The number of aryl methyl sites for hydroxylation is 1. The van der Waals surface area contributed by atoms with Gasteiger partial charge < -0.3 is 10.1 Å². The molecule has 0 unspecified atom stereocenters. The maximum atomic E-state index is 13.6. The number of ether oxygens (including phenoxy) is 1. The van der Waals surface area contributed by atoms with Gasteiger partial charge in [-0.15, -0.1) is 0 Å². The summed E-state index contributed by atoms with van der Waals surface area (Å²) in [6.45, 7) is 1.89. The first-order chi connectivity index (χ1) is 7.13. The van der Waals surface area contributed by atoms with Crippen molar-refractivity contribution < 1.29 is 13.9 Å². The molecular formula is C11H12FNO2. The lowest BCUT2D eigenvalue weighted by molar-refractivity contribution is 0.106. The van der Waals surface area contributed by atoms with Gasteiger partial charge in [0.1, 0.15) is 0 Å². The highest BCUT2D eigenvalue weighted by molar-refractivity contribution is 6.34. The van der Waals surface area contributed by atoms with Gasteiger partial charge in [-0.1, -0.05) is 6.92 Å². The first-order valence-corrected chi connectivity index (χ1v) is 4.55. The summed E-state index contributed by atoms with van der Waals surface area (Å²) >= 11 is 0. The van der Waals surface area contributed by atoms with Crippen LogP contribution < -0.4 is 4.74 Å². The number of Topliss-reactive ketones (excluding diaryl/α,β-unsaturated/α-hetero) is 1. The molecule has 80 valence electrons. The third kappa shape index (κ3) is 2.21. The highest BCUT2D eigenvalue weighted by atomic mass is 19.1. The summed E-state index contributed by atoms with van der Waals surface area (Å²) in [6, 6.07) is 3.00. The molecule has 0 aliphatic rings. The van der Waals surface area contributed by atoms with Gasteiger partial charge in [0.2, 0.25) is 5.78 Å². The van der Waals surface area contributed by atoms with Gasteiger partial charge in [-0.25, -0.2) is 4.39 Å². The molecule has 1 aromatic rings. The van der Waals surface area contributed by atoms with Gasteiger partial charge in [0, 0.05) is 0 Å². The van der Waals surface area contributed by atoms with Crippen molar-refractivity contribution >= 4 is 12.0 Å². The molecule has 0 aliphatic heterocycles. The van der Waals surface area contributed by atoms with E-state index < -0.39 is 11.6 Å². The lowest BCUT2D eigenvalue weighted by Crippen LogP contribution is -2.06. The Hall–Kier alpha value is -1.71. The zero-order valence-electron chi connectivity index (χ0n) is 8.63. The molecule has 0 radical (unpaired) electrons. The minimum atomic E-state index is -0.705. The van der Waals surface area contributed by atoms with Crippen molar-refractivity contribution in [3.63, 3.8) is 0 Å². The Morgan fingerprint density at radius 1 is 1.60 bits per heavy atom. The summed E-state index contributed by atoms with van der Waals surface area (Å²) in [5.74, 6) is -1.32. The second kappa shape index (κ2) is 4.68. The van der Waals surface area contributed by atoms with E-state index in [0.717, 1.165) is 5.56 Å². The predicted molar refractivity (Wildman–Crippen MR) is 55.4 cm³/mol. The first kappa shape index (κ1) is 11.4. The Balaban J connectivity index is 3.36. The van der Waals surface area contributed by atoms with Crippen molar-refractivity contribution in [1.82, 2.24) is 0 Å². The van der Waals surface area contributed by atoms with E-state index in [0.29, 0.717) is 12.6 Å². The van der Waals surface area contributed by atoms with E-state index in [4.69, 9.17) is 10.1 Å². The standard InChI is InChI=1S/C11H12FNO2/c1-3-7-4-8(9(14)6-13)11(12)10(5-7)15-2/h4-6,13H,3H2,1-2H3. The molecule has 0 amide bonds. The number of nitrogens with one attached hydrogen (secondary N) is 1. The number of halogens is 1. The van der Waals surface area contributed by atoms with Crippen LogP contribution in [0.3, 0.4) is 0 Å². The maximum Gasteiger partial charge on any atom is 0.206 e. The van der Waals surface area contributed by atoms with Crippen LogP contribution in [-0.4, -0.2) is 19.1 Å². The van der Waals surface area contributed by atoms with Crippen molar-refractivity contribution in [2.45, 2.75) is 13.3 Å². The van der Waals surface area contributed by atoms with E-state index in [2.05, 4.69) is 0 Å². The fraction of sp³-hybridized carbons (Fsp3) is 0.273. The fourth-order valence-electron chi connectivity index (χ4n) is 1.26. The third-order valence-electron chi connectivity index (χ3n) is 2.12. The van der Waals surface area contributed by atoms with Crippen LogP contribution in [0.4, 0.5) is 4.39 Å². The van der Waals surface area contributed by atoms with Gasteiger partial charge in [0.25, 0.3) is 0 Å². The van der Waals surface area contributed by atoms with Crippen LogP contribution in [0.15, 0.2) is 12.1 Å². The number of benzene rings is 1. The van der Waals surface area contributed by atoms with E-state index in [-0.39, 0.29) is 11.3 Å². The zero-order chi connectivity index (χ0) is 11.4. The van der Waals surface area contributed by atoms with E-state index in [1.807, 2.05) is 6.92 Å². The molecule has 0 fully saturated rings. The summed E-state index contributed by atoms with van der Waals surface area (Å²) in [5, 5.41) is 6.82. The second-order valence-corrected chi connectivity index (χ2v) is 3.02. The minimum absolute atomic E-state index is 0.0413. The molecule has 0 aromatic heterocycles. The molecule has 0 saturated carbocycles. The van der Waals surface area contributed by atoms with E-state index >= 15 is 0 Å². The second-order valence-electron chi connectivity index (χ2n) is 3.02. The summed E-state index contributed by atoms with van der Waals surface area (Å²) in [6.07, 6.45) is 1.27. The molecule has 4 heteroatoms. The molecule has 0 saturated heterocycles. The fourth-order valence-corrected chi connectivity index (χ4v) is 1.26. The quantitative estimate of drug-likeness (QED) is 0.610. The van der Waals surface area contributed by atoms with Gasteiger partial charge >= 0.3 is 0 Å². The van der Waals surface area contributed by atoms with Crippen LogP contribution >= 0.6 is 0 Å². The Bertz CT molecular complexity index is 402.